The summed E-state index contributed by atoms with van der Waals surface area (Å²) in [4.78, 5) is 21.5. The number of hydrogen-bond acceptors (Lipinski definition) is 5. The number of methoxy groups -OCH3 is 1. The average molecular weight is 232 g/mol. The van der Waals surface area contributed by atoms with Gasteiger partial charge in [0.25, 0.3) is 0 Å². The van der Waals surface area contributed by atoms with Gasteiger partial charge in [0.2, 0.25) is 0 Å². The number of ketones is 1. The molecule has 0 atom stereocenters. The van der Waals surface area contributed by atoms with Crippen molar-refractivity contribution in [3.63, 3.8) is 0 Å². The highest BCUT2D eigenvalue weighted by atomic mass is 16.5. The molecule has 0 aromatic rings. The Bertz CT molecular complexity index is 203. The second-order valence-electron chi connectivity index (χ2n) is 3.41. The molecule has 0 heterocycles. The molecule has 94 valence electrons. The van der Waals surface area contributed by atoms with Gasteiger partial charge in [-0.2, -0.15) is 0 Å². The minimum atomic E-state index is -0.466. The number of rotatable bonds is 10. The molecule has 0 fully saturated rings. The normalized spacial score (nSPS) is 10.1. The summed E-state index contributed by atoms with van der Waals surface area (Å²) in [6.45, 7) is 3.55. The monoisotopic (exact) mass is 232 g/mol. The van der Waals surface area contributed by atoms with Crippen molar-refractivity contribution in [2.45, 2.75) is 26.2 Å². The van der Waals surface area contributed by atoms with Gasteiger partial charge in [-0.3, -0.25) is 9.59 Å². The molecule has 0 saturated heterocycles. The maximum atomic E-state index is 10.9. The third kappa shape index (κ3) is 11.1. The molecule has 5 nitrogen and oxygen atoms in total. The fraction of sp³-hybridized carbons (Fsp3) is 0.818. The maximum absolute atomic E-state index is 10.9. The Balaban J connectivity index is 3.14. The predicted octanol–water partition coefficient (Wildman–Crippen LogP) is 0.952. The summed E-state index contributed by atoms with van der Waals surface area (Å²) in [5.74, 6) is -0.646. The van der Waals surface area contributed by atoms with E-state index in [2.05, 4.69) is 0 Å². The van der Waals surface area contributed by atoms with Crippen LogP contribution in [0.25, 0.3) is 0 Å². The van der Waals surface area contributed by atoms with Crippen molar-refractivity contribution in [1.82, 2.24) is 0 Å². The molecule has 0 aromatic carbocycles. The summed E-state index contributed by atoms with van der Waals surface area (Å²) in [7, 11) is 1.65. The largest absolute Gasteiger partial charge is 0.465 e. The first-order valence-corrected chi connectivity index (χ1v) is 5.38. The Hall–Kier alpha value is -0.940. The minimum Gasteiger partial charge on any atom is -0.465 e. The molecule has 0 aromatic heterocycles. The number of esters is 1. The maximum Gasteiger partial charge on any atom is 0.313 e. The SMILES string of the molecule is COCCCOCCCOC(=O)CC(C)=O. The van der Waals surface area contributed by atoms with Crippen LogP contribution in [0.1, 0.15) is 26.2 Å². The van der Waals surface area contributed by atoms with Crippen LogP contribution >= 0.6 is 0 Å². The van der Waals surface area contributed by atoms with E-state index in [0.717, 1.165) is 6.42 Å². The van der Waals surface area contributed by atoms with E-state index in [9.17, 15) is 9.59 Å². The molecule has 0 saturated carbocycles. The highest BCUT2D eigenvalue weighted by Gasteiger charge is 2.05. The highest BCUT2D eigenvalue weighted by Crippen LogP contribution is 1.92. The van der Waals surface area contributed by atoms with Crippen LogP contribution in [0.4, 0.5) is 0 Å². The third-order valence-electron chi connectivity index (χ3n) is 1.73. The van der Waals surface area contributed by atoms with Crippen LogP contribution in [-0.2, 0) is 23.8 Å². The van der Waals surface area contributed by atoms with E-state index in [1.54, 1.807) is 7.11 Å². The smallest absolute Gasteiger partial charge is 0.313 e. The molecule has 0 aliphatic carbocycles. The minimum absolute atomic E-state index is 0.144. The fourth-order valence-corrected chi connectivity index (χ4v) is 1.01. The fourth-order valence-electron chi connectivity index (χ4n) is 1.01. The van der Waals surface area contributed by atoms with Crippen LogP contribution < -0.4 is 0 Å². The number of carbonyl (C=O) groups is 2. The zero-order valence-corrected chi connectivity index (χ0v) is 9.99. The van der Waals surface area contributed by atoms with Crippen LogP contribution in [0.3, 0.4) is 0 Å². The molecule has 0 aliphatic rings. The zero-order valence-electron chi connectivity index (χ0n) is 9.99. The molecule has 0 bridgehead atoms. The van der Waals surface area contributed by atoms with Crippen molar-refractivity contribution >= 4 is 11.8 Å². The van der Waals surface area contributed by atoms with Gasteiger partial charge in [0.15, 0.2) is 0 Å². The molecule has 16 heavy (non-hydrogen) atoms. The third-order valence-corrected chi connectivity index (χ3v) is 1.73. The summed E-state index contributed by atoms with van der Waals surface area (Å²) < 4.78 is 14.9. The highest BCUT2D eigenvalue weighted by molar-refractivity contribution is 5.94. The van der Waals surface area contributed by atoms with E-state index in [-0.39, 0.29) is 12.2 Å². The lowest BCUT2D eigenvalue weighted by Gasteiger charge is -2.05. The Labute approximate surface area is 96.1 Å². The Kier molecular flexibility index (Phi) is 9.95. The van der Waals surface area contributed by atoms with Crippen molar-refractivity contribution in [3.05, 3.63) is 0 Å². The number of Topliss-reactive ketones (excluding diaryl/α,β-unsaturated/α-hetero) is 1. The van der Waals surface area contributed by atoms with E-state index in [1.807, 2.05) is 0 Å². The van der Waals surface area contributed by atoms with E-state index >= 15 is 0 Å². The summed E-state index contributed by atoms with van der Waals surface area (Å²) in [6, 6.07) is 0. The van der Waals surface area contributed by atoms with Crippen molar-refractivity contribution in [1.29, 1.82) is 0 Å². The van der Waals surface area contributed by atoms with Crippen molar-refractivity contribution in [3.8, 4) is 0 Å². The second-order valence-corrected chi connectivity index (χ2v) is 3.41. The predicted molar refractivity (Wildman–Crippen MR) is 58.2 cm³/mol. The second kappa shape index (κ2) is 10.6. The molecular formula is C11H20O5. The van der Waals surface area contributed by atoms with Gasteiger partial charge >= 0.3 is 5.97 Å². The first kappa shape index (κ1) is 15.1. The average Bonchev–Trinajstić information content (AvgIpc) is 2.21. The zero-order chi connectivity index (χ0) is 12.2. The van der Waals surface area contributed by atoms with Gasteiger partial charge in [-0.1, -0.05) is 0 Å². The summed E-state index contributed by atoms with van der Waals surface area (Å²) >= 11 is 0. The standard InChI is InChI=1S/C11H20O5/c1-10(12)9-11(13)16-8-4-7-15-6-3-5-14-2/h3-9H2,1-2H3. The van der Waals surface area contributed by atoms with E-state index in [1.165, 1.54) is 6.92 Å². The summed E-state index contributed by atoms with van der Waals surface area (Å²) in [5.41, 5.74) is 0. The molecule has 0 N–H and O–H groups in total. The Morgan fingerprint density at radius 3 is 2.19 bits per heavy atom. The lowest BCUT2D eigenvalue weighted by Crippen LogP contribution is -2.11. The van der Waals surface area contributed by atoms with Gasteiger partial charge in [-0.05, 0) is 13.3 Å². The quantitative estimate of drug-likeness (QED) is 0.319. The van der Waals surface area contributed by atoms with Gasteiger partial charge < -0.3 is 14.2 Å². The molecule has 0 radical (unpaired) electrons. The van der Waals surface area contributed by atoms with Crippen LogP contribution in [0, 0.1) is 0 Å². The summed E-state index contributed by atoms with van der Waals surface area (Å²) in [5, 5.41) is 0. The molecule has 0 aliphatic heterocycles. The van der Waals surface area contributed by atoms with Crippen molar-refractivity contribution < 1.29 is 23.8 Å². The molecule has 5 heteroatoms. The number of ether oxygens (including phenoxy) is 3. The Morgan fingerprint density at radius 1 is 1.00 bits per heavy atom. The van der Waals surface area contributed by atoms with E-state index < -0.39 is 5.97 Å². The van der Waals surface area contributed by atoms with Crippen molar-refractivity contribution in [2.24, 2.45) is 0 Å². The van der Waals surface area contributed by atoms with Gasteiger partial charge in [-0.15, -0.1) is 0 Å². The topological polar surface area (TPSA) is 61.8 Å². The first-order valence-electron chi connectivity index (χ1n) is 5.38. The van der Waals surface area contributed by atoms with Crippen molar-refractivity contribution in [2.75, 3.05) is 33.5 Å². The van der Waals surface area contributed by atoms with Crippen LogP contribution in [0.15, 0.2) is 0 Å². The van der Waals surface area contributed by atoms with Gasteiger partial charge in [0, 0.05) is 33.4 Å². The lowest BCUT2D eigenvalue weighted by atomic mass is 10.3. The molecule has 0 spiro atoms. The Morgan fingerprint density at radius 2 is 1.62 bits per heavy atom. The first-order chi connectivity index (χ1) is 7.66. The molecule has 0 rings (SSSR count). The van der Waals surface area contributed by atoms with E-state index in [4.69, 9.17) is 14.2 Å². The van der Waals surface area contributed by atoms with Gasteiger partial charge in [0.1, 0.15) is 12.2 Å². The number of hydrogen-bond donors (Lipinski definition) is 0. The van der Waals surface area contributed by atoms with Gasteiger partial charge in [-0.25, -0.2) is 0 Å². The van der Waals surface area contributed by atoms with E-state index in [0.29, 0.717) is 32.8 Å². The van der Waals surface area contributed by atoms with Gasteiger partial charge in [0.05, 0.1) is 6.61 Å². The molecule has 0 amide bonds. The summed E-state index contributed by atoms with van der Waals surface area (Å²) in [6.07, 6.45) is 1.37. The van der Waals surface area contributed by atoms with Crippen LogP contribution in [0.5, 0.6) is 0 Å². The molecule has 0 unspecified atom stereocenters. The number of carbonyl (C=O) groups excluding carboxylic acids is 2. The molecular weight excluding hydrogens is 212 g/mol. The van der Waals surface area contributed by atoms with Crippen LogP contribution in [-0.4, -0.2) is 45.3 Å². The lowest BCUT2D eigenvalue weighted by molar-refractivity contribution is -0.146. The van der Waals surface area contributed by atoms with Crippen LogP contribution in [0.2, 0.25) is 0 Å².